The van der Waals surface area contributed by atoms with Gasteiger partial charge in [-0.1, -0.05) is 19.4 Å². The van der Waals surface area contributed by atoms with Crippen LogP contribution in [-0.4, -0.2) is 20.8 Å². The summed E-state index contributed by atoms with van der Waals surface area (Å²) in [5.41, 5.74) is 0.883. The number of halogens is 2. The van der Waals surface area contributed by atoms with Crippen molar-refractivity contribution in [2.75, 3.05) is 12.4 Å². The predicted molar refractivity (Wildman–Crippen MR) is 74.7 cm³/mol. The third-order valence-electron chi connectivity index (χ3n) is 2.69. The second-order valence-electron chi connectivity index (χ2n) is 4.61. The average Bonchev–Trinajstić information content (AvgIpc) is 2.28. The van der Waals surface area contributed by atoms with Gasteiger partial charge in [0.05, 0.1) is 12.4 Å². The lowest BCUT2D eigenvalue weighted by Gasteiger charge is -2.16. The van der Waals surface area contributed by atoms with Crippen LogP contribution in [0.3, 0.4) is 0 Å². The molecule has 0 saturated carbocycles. The lowest BCUT2D eigenvalue weighted by molar-refractivity contribution is 0.243. The summed E-state index contributed by atoms with van der Waals surface area (Å²) >= 11 is 0. The van der Waals surface area contributed by atoms with Crippen molar-refractivity contribution < 1.29 is 17.5 Å². The number of ether oxygens (including phenoxy) is 1. The van der Waals surface area contributed by atoms with Crippen molar-refractivity contribution >= 4 is 19.7 Å². The van der Waals surface area contributed by atoms with Gasteiger partial charge in [-0.3, -0.25) is 0 Å². The Morgan fingerprint density at radius 2 is 2.11 bits per heavy atom. The molecule has 0 bridgehead atoms. The van der Waals surface area contributed by atoms with Crippen molar-refractivity contribution in [3.05, 3.63) is 29.6 Å². The molecule has 1 atom stereocenters. The fraction of sp³-hybridized carbons (Fsp3) is 0.538. The summed E-state index contributed by atoms with van der Waals surface area (Å²) in [7, 11) is 1.67. The summed E-state index contributed by atoms with van der Waals surface area (Å²) in [6, 6.07) is 4.57. The van der Waals surface area contributed by atoms with Gasteiger partial charge in [-0.25, -0.2) is 12.8 Å². The molecule has 108 valence electrons. The summed E-state index contributed by atoms with van der Waals surface area (Å²) in [5.74, 6) is -0.689. The Kier molecular flexibility index (Phi) is 6.07. The second-order valence-corrected chi connectivity index (χ2v) is 7.43. The summed E-state index contributed by atoms with van der Waals surface area (Å²) in [6.07, 6.45) is 1.48. The molecule has 0 spiro atoms. The van der Waals surface area contributed by atoms with Gasteiger partial charge in [-0.2, -0.15) is 0 Å². The molecule has 0 heterocycles. The third-order valence-corrected chi connectivity index (χ3v) is 3.94. The van der Waals surface area contributed by atoms with Gasteiger partial charge in [-0.15, -0.1) is 0 Å². The molecule has 0 aliphatic heterocycles. The van der Waals surface area contributed by atoms with Crippen molar-refractivity contribution in [2.45, 2.75) is 26.7 Å². The van der Waals surface area contributed by atoms with Crippen LogP contribution in [0.15, 0.2) is 18.2 Å². The van der Waals surface area contributed by atoms with Crippen LogP contribution in [0.5, 0.6) is 5.75 Å². The zero-order valence-corrected chi connectivity index (χ0v) is 12.6. The zero-order chi connectivity index (χ0) is 14.5. The Bertz CT molecular complexity index is 517. The van der Waals surface area contributed by atoms with E-state index in [1.165, 1.54) is 6.07 Å². The van der Waals surface area contributed by atoms with Gasteiger partial charge in [0.25, 0.3) is 0 Å². The van der Waals surface area contributed by atoms with Crippen molar-refractivity contribution in [3.8, 4) is 5.75 Å². The zero-order valence-electron chi connectivity index (χ0n) is 11.0. The van der Waals surface area contributed by atoms with Gasteiger partial charge in [0.2, 0.25) is 9.05 Å². The van der Waals surface area contributed by atoms with E-state index in [0.29, 0.717) is 6.42 Å². The Balaban J connectivity index is 2.68. The minimum absolute atomic E-state index is 0.139. The Hall–Kier alpha value is -0.810. The highest BCUT2D eigenvalue weighted by Gasteiger charge is 2.18. The number of hydrogen-bond donors (Lipinski definition) is 0. The number of aryl methyl sites for hydroxylation is 1. The van der Waals surface area contributed by atoms with Crippen LogP contribution in [0.2, 0.25) is 0 Å². The second kappa shape index (κ2) is 7.10. The molecule has 1 rings (SSSR count). The van der Waals surface area contributed by atoms with Crippen LogP contribution in [0.25, 0.3) is 0 Å². The quantitative estimate of drug-likeness (QED) is 0.724. The van der Waals surface area contributed by atoms with Crippen molar-refractivity contribution in [1.82, 2.24) is 0 Å². The van der Waals surface area contributed by atoms with Crippen molar-refractivity contribution in [1.29, 1.82) is 0 Å². The molecule has 3 nitrogen and oxygen atoms in total. The van der Waals surface area contributed by atoms with E-state index in [1.807, 2.05) is 13.8 Å². The first-order chi connectivity index (χ1) is 8.81. The molecule has 0 fully saturated rings. The van der Waals surface area contributed by atoms with Crippen LogP contribution in [0.4, 0.5) is 4.39 Å². The van der Waals surface area contributed by atoms with Crippen LogP contribution in [0.1, 0.15) is 25.3 Å². The van der Waals surface area contributed by atoms with E-state index in [1.54, 1.807) is 12.1 Å². The maximum Gasteiger partial charge on any atom is 0.232 e. The average molecular weight is 309 g/mol. The van der Waals surface area contributed by atoms with Gasteiger partial charge in [0, 0.05) is 16.6 Å². The van der Waals surface area contributed by atoms with Gasteiger partial charge in [0.15, 0.2) is 11.6 Å². The minimum atomic E-state index is -3.57. The number of rotatable bonds is 7. The molecule has 19 heavy (non-hydrogen) atoms. The fourth-order valence-corrected chi connectivity index (χ4v) is 3.19. The SMILES string of the molecule is CCCC(COc1cc(C)ccc1F)CS(=O)(=O)Cl. The fourth-order valence-electron chi connectivity index (χ4n) is 1.83. The highest BCUT2D eigenvalue weighted by molar-refractivity contribution is 8.13. The Morgan fingerprint density at radius 3 is 2.68 bits per heavy atom. The van der Waals surface area contributed by atoms with Gasteiger partial charge in [-0.05, 0) is 31.0 Å². The van der Waals surface area contributed by atoms with E-state index >= 15 is 0 Å². The summed E-state index contributed by atoms with van der Waals surface area (Å²) in [5, 5.41) is 0. The molecule has 0 aliphatic rings. The molecule has 1 aromatic rings. The lowest BCUT2D eigenvalue weighted by Crippen LogP contribution is -2.20. The Morgan fingerprint density at radius 1 is 1.42 bits per heavy atom. The standard InChI is InChI=1S/C13H18ClFO3S/c1-3-4-11(9-19(14,16)17)8-18-13-7-10(2)5-6-12(13)15/h5-7,11H,3-4,8-9H2,1-2H3. The summed E-state index contributed by atoms with van der Waals surface area (Å²) < 4.78 is 41.0. The predicted octanol–water partition coefficient (Wildman–Crippen LogP) is 3.50. The maximum atomic E-state index is 13.5. The van der Waals surface area contributed by atoms with Crippen molar-refractivity contribution in [3.63, 3.8) is 0 Å². The normalized spacial score (nSPS) is 13.3. The molecule has 1 aromatic carbocycles. The largest absolute Gasteiger partial charge is 0.490 e. The first-order valence-corrected chi connectivity index (χ1v) is 8.61. The van der Waals surface area contributed by atoms with Gasteiger partial charge < -0.3 is 4.74 Å². The van der Waals surface area contributed by atoms with E-state index in [4.69, 9.17) is 15.4 Å². The molecule has 6 heteroatoms. The molecule has 0 saturated heterocycles. The molecule has 0 radical (unpaired) electrons. The van der Waals surface area contributed by atoms with E-state index < -0.39 is 14.9 Å². The molecule has 0 aliphatic carbocycles. The first-order valence-electron chi connectivity index (χ1n) is 6.13. The van der Waals surface area contributed by atoms with Crippen LogP contribution >= 0.6 is 10.7 Å². The minimum Gasteiger partial charge on any atom is -0.490 e. The first kappa shape index (κ1) is 16.2. The number of benzene rings is 1. The van der Waals surface area contributed by atoms with Crippen LogP contribution in [-0.2, 0) is 9.05 Å². The molecule has 1 unspecified atom stereocenters. The Labute approximate surface area is 118 Å². The molecular formula is C13H18ClFO3S. The molecule has 0 amide bonds. The lowest BCUT2D eigenvalue weighted by atomic mass is 10.1. The van der Waals surface area contributed by atoms with Crippen LogP contribution in [0, 0.1) is 18.7 Å². The van der Waals surface area contributed by atoms with E-state index in [2.05, 4.69) is 0 Å². The summed E-state index contributed by atoms with van der Waals surface area (Å²) in [6.45, 7) is 3.92. The van der Waals surface area contributed by atoms with Gasteiger partial charge >= 0.3 is 0 Å². The van der Waals surface area contributed by atoms with Crippen molar-refractivity contribution in [2.24, 2.45) is 5.92 Å². The number of hydrogen-bond acceptors (Lipinski definition) is 3. The van der Waals surface area contributed by atoms with E-state index in [-0.39, 0.29) is 24.0 Å². The maximum absolute atomic E-state index is 13.5. The van der Waals surface area contributed by atoms with Gasteiger partial charge in [0.1, 0.15) is 0 Å². The molecule has 0 N–H and O–H groups in total. The third kappa shape index (κ3) is 6.25. The molecular weight excluding hydrogens is 291 g/mol. The highest BCUT2D eigenvalue weighted by atomic mass is 35.7. The van der Waals surface area contributed by atoms with E-state index in [9.17, 15) is 12.8 Å². The van der Waals surface area contributed by atoms with Crippen LogP contribution < -0.4 is 4.74 Å². The summed E-state index contributed by atoms with van der Waals surface area (Å²) in [4.78, 5) is 0. The smallest absolute Gasteiger partial charge is 0.232 e. The molecule has 0 aromatic heterocycles. The highest BCUT2D eigenvalue weighted by Crippen LogP contribution is 2.21. The van der Waals surface area contributed by atoms with E-state index in [0.717, 1.165) is 12.0 Å². The monoisotopic (exact) mass is 308 g/mol. The topological polar surface area (TPSA) is 43.4 Å².